The Morgan fingerprint density at radius 3 is 2.83 bits per heavy atom. The molecule has 1 aliphatic carbocycles. The Morgan fingerprint density at radius 2 is 2.28 bits per heavy atom. The van der Waals surface area contributed by atoms with Crippen LogP contribution >= 0.6 is 15.9 Å². The molecule has 1 aliphatic rings. The maximum Gasteiger partial charge on any atom is 0.319 e. The van der Waals surface area contributed by atoms with Gasteiger partial charge >= 0.3 is 6.03 Å². The molecule has 0 bridgehead atoms. The number of nitrogens with zero attached hydrogens (tertiary/aromatic N) is 1. The lowest BCUT2D eigenvalue weighted by molar-refractivity contribution is 0.206. The second-order valence-electron chi connectivity index (χ2n) is 4.73. The Kier molecular flexibility index (Phi) is 3.87. The first kappa shape index (κ1) is 13.3. The van der Waals surface area contributed by atoms with Gasteiger partial charge in [-0.2, -0.15) is 0 Å². The number of carbonyl (C=O) groups excluding carboxylic acids is 1. The molecule has 6 heteroatoms. The number of hydrogen-bond acceptors (Lipinski definition) is 3. The average molecular weight is 314 g/mol. The van der Waals surface area contributed by atoms with E-state index >= 15 is 0 Å². The Bertz CT molecular complexity index is 461. The number of hydrogen-bond donors (Lipinski definition) is 3. The lowest BCUT2D eigenvalue weighted by atomic mass is 10.1. The summed E-state index contributed by atoms with van der Waals surface area (Å²) in [4.78, 5) is 15.9. The summed E-state index contributed by atoms with van der Waals surface area (Å²) in [5, 5.41) is 14.7. The van der Waals surface area contributed by atoms with E-state index in [-0.39, 0.29) is 18.1 Å². The van der Waals surface area contributed by atoms with Gasteiger partial charge in [-0.15, -0.1) is 0 Å². The van der Waals surface area contributed by atoms with Crippen molar-refractivity contribution in [2.75, 3.05) is 18.5 Å². The number of urea groups is 1. The molecule has 18 heavy (non-hydrogen) atoms. The lowest BCUT2D eigenvalue weighted by Gasteiger charge is -2.14. The maximum absolute atomic E-state index is 11.7. The molecule has 0 spiro atoms. The summed E-state index contributed by atoms with van der Waals surface area (Å²) in [5.74, 6) is 0. The van der Waals surface area contributed by atoms with Gasteiger partial charge in [-0.05, 0) is 47.8 Å². The highest BCUT2D eigenvalue weighted by atomic mass is 79.9. The third-order valence-corrected chi connectivity index (χ3v) is 3.66. The molecule has 98 valence electrons. The molecule has 3 N–H and O–H groups in total. The topological polar surface area (TPSA) is 74.2 Å². The monoisotopic (exact) mass is 313 g/mol. The van der Waals surface area contributed by atoms with Crippen LogP contribution in [0.5, 0.6) is 0 Å². The van der Waals surface area contributed by atoms with Gasteiger partial charge in [-0.1, -0.05) is 0 Å². The number of rotatable bonds is 4. The third-order valence-electron chi connectivity index (χ3n) is 3.22. The van der Waals surface area contributed by atoms with E-state index < -0.39 is 0 Å². The van der Waals surface area contributed by atoms with Crippen molar-refractivity contribution in [3.8, 4) is 0 Å². The maximum atomic E-state index is 11.7. The number of anilines is 1. The van der Waals surface area contributed by atoms with E-state index in [2.05, 4.69) is 31.5 Å². The van der Waals surface area contributed by atoms with Crippen LogP contribution in [0.2, 0.25) is 0 Å². The Morgan fingerprint density at radius 1 is 1.56 bits per heavy atom. The van der Waals surface area contributed by atoms with Crippen molar-refractivity contribution in [3.63, 3.8) is 0 Å². The fraction of sp³-hybridized carbons (Fsp3) is 0.500. The van der Waals surface area contributed by atoms with Crippen molar-refractivity contribution in [1.82, 2.24) is 10.3 Å². The van der Waals surface area contributed by atoms with E-state index in [0.717, 1.165) is 23.1 Å². The molecule has 2 amide bonds. The Labute approximate surface area is 114 Å². The van der Waals surface area contributed by atoms with E-state index in [1.54, 1.807) is 12.1 Å². The smallest absolute Gasteiger partial charge is 0.319 e. The van der Waals surface area contributed by atoms with Crippen molar-refractivity contribution in [2.24, 2.45) is 5.41 Å². The highest BCUT2D eigenvalue weighted by molar-refractivity contribution is 9.10. The standard InChI is InChI=1S/C12H16BrN3O2/c1-8-9(2-3-10(13)15-8)16-11(18)14-6-12(7-17)4-5-12/h2-3,17H,4-7H2,1H3,(H2,14,16,18). The van der Waals surface area contributed by atoms with Gasteiger partial charge in [0.25, 0.3) is 0 Å². The largest absolute Gasteiger partial charge is 0.396 e. The zero-order chi connectivity index (χ0) is 13.2. The fourth-order valence-corrected chi connectivity index (χ4v) is 2.06. The van der Waals surface area contributed by atoms with Gasteiger partial charge in [0, 0.05) is 12.0 Å². The highest BCUT2D eigenvalue weighted by Crippen LogP contribution is 2.44. The molecule has 5 nitrogen and oxygen atoms in total. The average Bonchev–Trinajstić information content (AvgIpc) is 3.11. The molecule has 0 unspecified atom stereocenters. The van der Waals surface area contributed by atoms with Crippen molar-refractivity contribution in [1.29, 1.82) is 0 Å². The minimum atomic E-state index is -0.262. The number of aliphatic hydroxyl groups is 1. The molecule has 2 rings (SSSR count). The van der Waals surface area contributed by atoms with E-state index in [4.69, 9.17) is 5.11 Å². The number of nitrogens with one attached hydrogen (secondary N) is 2. The van der Waals surface area contributed by atoms with Crippen LogP contribution in [-0.4, -0.2) is 29.3 Å². The quantitative estimate of drug-likeness (QED) is 0.745. The number of aromatic nitrogens is 1. The summed E-state index contributed by atoms with van der Waals surface area (Å²) >= 11 is 3.27. The van der Waals surface area contributed by atoms with E-state index in [0.29, 0.717) is 12.2 Å². The van der Waals surface area contributed by atoms with Crippen molar-refractivity contribution in [2.45, 2.75) is 19.8 Å². The van der Waals surface area contributed by atoms with E-state index in [1.807, 2.05) is 6.92 Å². The minimum absolute atomic E-state index is 0.0790. The van der Waals surface area contributed by atoms with Gasteiger partial charge in [-0.25, -0.2) is 9.78 Å². The first-order chi connectivity index (χ1) is 8.54. The predicted octanol–water partition coefficient (Wildman–Crippen LogP) is 2.05. The number of aliphatic hydroxyl groups excluding tert-OH is 1. The molecular formula is C12H16BrN3O2. The van der Waals surface area contributed by atoms with Crippen molar-refractivity contribution < 1.29 is 9.90 Å². The van der Waals surface area contributed by atoms with Gasteiger partial charge in [0.2, 0.25) is 0 Å². The molecular weight excluding hydrogens is 298 g/mol. The van der Waals surface area contributed by atoms with Gasteiger partial charge < -0.3 is 15.7 Å². The summed E-state index contributed by atoms with van der Waals surface area (Å²) in [6, 6.07) is 3.31. The Balaban J connectivity index is 1.87. The van der Waals surface area contributed by atoms with Crippen LogP contribution in [0.3, 0.4) is 0 Å². The molecule has 0 aliphatic heterocycles. The molecule has 1 aromatic heterocycles. The van der Waals surface area contributed by atoms with Crippen LogP contribution < -0.4 is 10.6 Å². The number of halogens is 1. The second kappa shape index (κ2) is 5.24. The van der Waals surface area contributed by atoms with E-state index in [9.17, 15) is 4.79 Å². The zero-order valence-electron chi connectivity index (χ0n) is 10.2. The summed E-state index contributed by atoms with van der Waals surface area (Å²) in [5.41, 5.74) is 1.36. The summed E-state index contributed by atoms with van der Waals surface area (Å²) in [6.45, 7) is 2.47. The number of carbonyl (C=O) groups is 1. The first-order valence-electron chi connectivity index (χ1n) is 5.83. The molecule has 0 radical (unpaired) electrons. The number of pyridine rings is 1. The van der Waals surface area contributed by atoms with Crippen LogP contribution in [0.4, 0.5) is 10.5 Å². The molecule has 1 heterocycles. The lowest BCUT2D eigenvalue weighted by Crippen LogP contribution is -2.35. The first-order valence-corrected chi connectivity index (χ1v) is 6.63. The number of amides is 2. The molecule has 0 atom stereocenters. The summed E-state index contributed by atoms with van der Waals surface area (Å²) in [7, 11) is 0. The van der Waals surface area contributed by atoms with Crippen LogP contribution in [0.15, 0.2) is 16.7 Å². The third kappa shape index (κ3) is 3.20. The van der Waals surface area contributed by atoms with Crippen LogP contribution in [0, 0.1) is 12.3 Å². The van der Waals surface area contributed by atoms with Gasteiger partial charge in [0.05, 0.1) is 18.0 Å². The molecule has 1 saturated carbocycles. The molecule has 0 saturated heterocycles. The van der Waals surface area contributed by atoms with Crippen molar-refractivity contribution in [3.05, 3.63) is 22.4 Å². The fourth-order valence-electron chi connectivity index (χ4n) is 1.66. The second-order valence-corrected chi connectivity index (χ2v) is 5.55. The minimum Gasteiger partial charge on any atom is -0.396 e. The van der Waals surface area contributed by atoms with Gasteiger partial charge in [0.15, 0.2) is 0 Å². The Hall–Kier alpha value is -1.14. The molecule has 1 fully saturated rings. The summed E-state index contributed by atoms with van der Waals surface area (Å²) < 4.78 is 0.739. The molecule has 0 aromatic carbocycles. The van der Waals surface area contributed by atoms with Crippen LogP contribution in [0.1, 0.15) is 18.5 Å². The predicted molar refractivity (Wildman–Crippen MR) is 72.4 cm³/mol. The van der Waals surface area contributed by atoms with Gasteiger partial charge in [-0.3, -0.25) is 0 Å². The van der Waals surface area contributed by atoms with Crippen LogP contribution in [-0.2, 0) is 0 Å². The molecule has 1 aromatic rings. The highest BCUT2D eigenvalue weighted by Gasteiger charge is 2.42. The van der Waals surface area contributed by atoms with E-state index in [1.165, 1.54) is 0 Å². The van der Waals surface area contributed by atoms with Crippen LogP contribution in [0.25, 0.3) is 0 Å². The number of aryl methyl sites for hydroxylation is 1. The normalized spacial score (nSPS) is 16.2. The summed E-state index contributed by atoms with van der Waals surface area (Å²) in [6.07, 6.45) is 1.95. The van der Waals surface area contributed by atoms with Gasteiger partial charge in [0.1, 0.15) is 4.60 Å². The van der Waals surface area contributed by atoms with Crippen molar-refractivity contribution >= 4 is 27.6 Å². The zero-order valence-corrected chi connectivity index (χ0v) is 11.7. The SMILES string of the molecule is Cc1nc(Br)ccc1NC(=O)NCC1(CO)CC1.